The molecule has 2 rings (SSSR count). The Morgan fingerprint density at radius 2 is 2.19 bits per heavy atom. The van der Waals surface area contributed by atoms with Crippen LogP contribution in [0.3, 0.4) is 0 Å². The molecule has 0 spiro atoms. The molecule has 1 unspecified atom stereocenters. The van der Waals surface area contributed by atoms with E-state index in [1.807, 2.05) is 13.8 Å². The van der Waals surface area contributed by atoms with Crippen molar-refractivity contribution >= 4 is 5.91 Å². The van der Waals surface area contributed by atoms with Crippen LogP contribution in [-0.4, -0.2) is 36.5 Å². The van der Waals surface area contributed by atoms with Crippen molar-refractivity contribution in [3.8, 4) is 0 Å². The minimum absolute atomic E-state index is 0.186. The summed E-state index contributed by atoms with van der Waals surface area (Å²) in [5, 5.41) is 3.33. The summed E-state index contributed by atoms with van der Waals surface area (Å²) in [5.41, 5.74) is -0.186. The first-order chi connectivity index (χ1) is 9.97. The van der Waals surface area contributed by atoms with E-state index in [0.29, 0.717) is 13.1 Å². The molecule has 1 aliphatic heterocycles. The van der Waals surface area contributed by atoms with Crippen LogP contribution in [0.1, 0.15) is 37.0 Å². The Labute approximate surface area is 124 Å². The predicted molar refractivity (Wildman–Crippen MR) is 78.1 cm³/mol. The molecule has 1 aromatic carbocycles. The predicted octanol–water partition coefficient (Wildman–Crippen LogP) is 2.82. The lowest BCUT2D eigenvalue weighted by Gasteiger charge is -2.27. The number of carbonyl (C=O) groups excluding carboxylic acids is 1. The van der Waals surface area contributed by atoms with Crippen molar-refractivity contribution in [2.45, 2.75) is 32.7 Å². The molecule has 1 heterocycles. The van der Waals surface area contributed by atoms with Gasteiger partial charge in [0, 0.05) is 19.1 Å². The van der Waals surface area contributed by atoms with Crippen LogP contribution in [0.2, 0.25) is 0 Å². The molecule has 0 aliphatic carbocycles. The fourth-order valence-corrected chi connectivity index (χ4v) is 2.69. The quantitative estimate of drug-likeness (QED) is 0.906. The van der Waals surface area contributed by atoms with E-state index in [0.717, 1.165) is 37.6 Å². The molecule has 0 saturated carbocycles. The molecule has 1 fully saturated rings. The Morgan fingerprint density at radius 3 is 2.81 bits per heavy atom. The van der Waals surface area contributed by atoms with Crippen LogP contribution in [0.25, 0.3) is 0 Å². The van der Waals surface area contributed by atoms with Crippen LogP contribution >= 0.6 is 0 Å². The van der Waals surface area contributed by atoms with Gasteiger partial charge in [-0.05, 0) is 43.5 Å². The van der Waals surface area contributed by atoms with Crippen LogP contribution in [0.5, 0.6) is 0 Å². The highest BCUT2D eigenvalue weighted by Gasteiger charge is 2.25. The molecule has 5 heteroatoms. The lowest BCUT2D eigenvalue weighted by atomic mass is 10.1. The zero-order valence-electron chi connectivity index (χ0n) is 12.5. The Bertz CT molecular complexity index is 499. The zero-order valence-corrected chi connectivity index (χ0v) is 12.5. The fraction of sp³-hybridized carbons (Fsp3) is 0.562. The standard InChI is InChI=1S/C16H22F2N2O/c1-11(2)9-20(10-13-4-3-7-19-13)16(21)14-8-12(17)5-6-15(14)18/h5-6,8,11,13,19H,3-4,7,9-10H2,1-2H3. The van der Waals surface area contributed by atoms with Crippen LogP contribution in [0.4, 0.5) is 8.78 Å². The summed E-state index contributed by atoms with van der Waals surface area (Å²) >= 11 is 0. The van der Waals surface area contributed by atoms with E-state index < -0.39 is 17.5 Å². The molecular formula is C16H22F2N2O. The molecule has 0 radical (unpaired) electrons. The molecule has 3 nitrogen and oxygen atoms in total. The molecule has 1 N–H and O–H groups in total. The van der Waals surface area contributed by atoms with Crippen molar-refractivity contribution in [2.24, 2.45) is 5.92 Å². The summed E-state index contributed by atoms with van der Waals surface area (Å²) in [7, 11) is 0. The Hall–Kier alpha value is -1.49. The average molecular weight is 296 g/mol. The number of amides is 1. The highest BCUT2D eigenvalue weighted by Crippen LogP contribution is 2.16. The summed E-state index contributed by atoms with van der Waals surface area (Å²) in [5.74, 6) is -1.43. The highest BCUT2D eigenvalue weighted by molar-refractivity contribution is 5.94. The Kier molecular flexibility index (Phi) is 5.28. The van der Waals surface area contributed by atoms with Crippen molar-refractivity contribution < 1.29 is 13.6 Å². The van der Waals surface area contributed by atoms with Gasteiger partial charge in [-0.15, -0.1) is 0 Å². The maximum absolute atomic E-state index is 13.8. The van der Waals surface area contributed by atoms with Gasteiger partial charge in [0.1, 0.15) is 11.6 Å². The topological polar surface area (TPSA) is 32.3 Å². The summed E-state index contributed by atoms with van der Waals surface area (Å²) in [6.45, 7) is 6.03. The zero-order chi connectivity index (χ0) is 15.4. The SMILES string of the molecule is CC(C)CN(CC1CCCN1)C(=O)c1cc(F)ccc1F. The number of hydrogen-bond acceptors (Lipinski definition) is 2. The minimum atomic E-state index is -0.672. The molecule has 0 aromatic heterocycles. The van der Waals surface area contributed by atoms with E-state index in [9.17, 15) is 13.6 Å². The summed E-state index contributed by atoms with van der Waals surface area (Å²) < 4.78 is 27.1. The summed E-state index contributed by atoms with van der Waals surface area (Å²) in [4.78, 5) is 14.2. The first kappa shape index (κ1) is 15.9. The second-order valence-electron chi connectivity index (χ2n) is 6.02. The molecule has 1 amide bonds. The normalized spacial score (nSPS) is 18.2. The van der Waals surface area contributed by atoms with Crippen LogP contribution in [-0.2, 0) is 0 Å². The monoisotopic (exact) mass is 296 g/mol. The van der Waals surface area contributed by atoms with E-state index in [4.69, 9.17) is 0 Å². The number of rotatable bonds is 5. The number of nitrogens with zero attached hydrogens (tertiary/aromatic N) is 1. The first-order valence-electron chi connectivity index (χ1n) is 7.45. The van der Waals surface area contributed by atoms with Crippen LogP contribution in [0, 0.1) is 17.6 Å². The third-order valence-corrected chi connectivity index (χ3v) is 3.63. The summed E-state index contributed by atoms with van der Waals surface area (Å²) in [6.07, 6.45) is 2.09. The van der Waals surface area contributed by atoms with E-state index in [1.54, 1.807) is 4.90 Å². The van der Waals surface area contributed by atoms with Crippen LogP contribution < -0.4 is 5.32 Å². The average Bonchev–Trinajstić information content (AvgIpc) is 2.92. The van der Waals surface area contributed by atoms with E-state index >= 15 is 0 Å². The first-order valence-corrected chi connectivity index (χ1v) is 7.45. The third-order valence-electron chi connectivity index (χ3n) is 3.63. The van der Waals surface area contributed by atoms with E-state index in [-0.39, 0.29) is 17.5 Å². The van der Waals surface area contributed by atoms with E-state index in [1.165, 1.54) is 0 Å². The van der Waals surface area contributed by atoms with Gasteiger partial charge in [-0.2, -0.15) is 0 Å². The van der Waals surface area contributed by atoms with Crippen molar-refractivity contribution in [2.75, 3.05) is 19.6 Å². The van der Waals surface area contributed by atoms with Crippen molar-refractivity contribution in [3.63, 3.8) is 0 Å². The Morgan fingerprint density at radius 1 is 1.43 bits per heavy atom. The molecule has 1 aliphatic rings. The number of halogens is 2. The maximum atomic E-state index is 13.8. The molecule has 0 bridgehead atoms. The van der Waals surface area contributed by atoms with Gasteiger partial charge in [0.15, 0.2) is 0 Å². The maximum Gasteiger partial charge on any atom is 0.256 e. The molecule has 1 aromatic rings. The van der Waals surface area contributed by atoms with Crippen molar-refractivity contribution in [1.82, 2.24) is 10.2 Å². The minimum Gasteiger partial charge on any atom is -0.337 e. The second kappa shape index (κ2) is 6.98. The third kappa shape index (κ3) is 4.24. The van der Waals surface area contributed by atoms with Gasteiger partial charge in [0.2, 0.25) is 0 Å². The van der Waals surface area contributed by atoms with Gasteiger partial charge >= 0.3 is 0 Å². The van der Waals surface area contributed by atoms with E-state index in [2.05, 4.69) is 5.32 Å². The second-order valence-corrected chi connectivity index (χ2v) is 6.02. The van der Waals surface area contributed by atoms with Gasteiger partial charge in [-0.25, -0.2) is 8.78 Å². The van der Waals surface area contributed by atoms with Gasteiger partial charge in [-0.3, -0.25) is 4.79 Å². The Balaban J connectivity index is 2.17. The van der Waals surface area contributed by atoms with Gasteiger partial charge in [-0.1, -0.05) is 13.8 Å². The number of benzene rings is 1. The smallest absolute Gasteiger partial charge is 0.256 e. The lowest BCUT2D eigenvalue weighted by Crippen LogP contribution is -2.43. The van der Waals surface area contributed by atoms with Crippen molar-refractivity contribution in [3.05, 3.63) is 35.4 Å². The molecule has 1 atom stereocenters. The molecule has 1 saturated heterocycles. The van der Waals surface area contributed by atoms with Gasteiger partial charge in [0.25, 0.3) is 5.91 Å². The van der Waals surface area contributed by atoms with Crippen molar-refractivity contribution in [1.29, 1.82) is 0 Å². The number of hydrogen-bond donors (Lipinski definition) is 1. The molecule has 21 heavy (non-hydrogen) atoms. The van der Waals surface area contributed by atoms with Gasteiger partial charge in [0.05, 0.1) is 5.56 Å². The highest BCUT2D eigenvalue weighted by atomic mass is 19.1. The lowest BCUT2D eigenvalue weighted by molar-refractivity contribution is 0.0716. The van der Waals surface area contributed by atoms with Gasteiger partial charge < -0.3 is 10.2 Å². The number of nitrogens with one attached hydrogen (secondary N) is 1. The molecular weight excluding hydrogens is 274 g/mol. The largest absolute Gasteiger partial charge is 0.337 e. The number of carbonyl (C=O) groups is 1. The molecule has 116 valence electrons. The van der Waals surface area contributed by atoms with Crippen LogP contribution in [0.15, 0.2) is 18.2 Å². The fourth-order valence-electron chi connectivity index (χ4n) is 2.69. The summed E-state index contributed by atoms with van der Waals surface area (Å²) in [6, 6.07) is 3.25.